The van der Waals surface area contributed by atoms with Crippen LogP contribution in [0.3, 0.4) is 0 Å². The maximum Gasteiger partial charge on any atom is 0.225 e. The van der Waals surface area contributed by atoms with Crippen molar-refractivity contribution in [2.45, 2.75) is 91.4 Å². The second-order valence-corrected chi connectivity index (χ2v) is 19.4. The molecule has 0 spiro atoms. The molecular formula is C56H55N4OPt-. The van der Waals surface area contributed by atoms with E-state index in [1.54, 1.807) is 0 Å². The third-order valence-corrected chi connectivity index (χ3v) is 13.8. The SMILES string of the molecule is CCC(C)(CC)c1cc(Oc2[c-]c3c(cc2)c2ccccc2n3-c2cc(C(C)(C)C)ccn2)[c-]c([N+]23[CH-][N@+]2(c2cc(-c4ccccc4)cc(C(C)(C)C)c2)c2ccccc23)c1.[Pt]. The molecule has 0 N–H and O–H groups in total. The molecule has 10 rings (SSSR count). The van der Waals surface area contributed by atoms with E-state index in [1.165, 1.54) is 44.9 Å². The predicted octanol–water partition coefficient (Wildman–Crippen LogP) is 15.2. The molecule has 4 heterocycles. The van der Waals surface area contributed by atoms with Crippen molar-refractivity contribution in [3.63, 3.8) is 0 Å². The zero-order valence-corrected chi connectivity index (χ0v) is 39.6. The van der Waals surface area contributed by atoms with Crippen molar-refractivity contribution < 1.29 is 25.8 Å². The van der Waals surface area contributed by atoms with Gasteiger partial charge in [0.25, 0.3) is 0 Å². The first-order chi connectivity index (χ1) is 29.2. The fourth-order valence-corrected chi connectivity index (χ4v) is 9.54. The van der Waals surface area contributed by atoms with Crippen molar-refractivity contribution in [2.75, 3.05) is 0 Å². The van der Waals surface area contributed by atoms with E-state index in [0.29, 0.717) is 20.7 Å². The number of ether oxygens (including phenoxy) is 1. The summed E-state index contributed by atoms with van der Waals surface area (Å²) in [6, 6.07) is 56.2. The Morgan fingerprint density at radius 1 is 0.597 bits per heavy atom. The molecule has 0 radical (unpaired) electrons. The number of para-hydroxylation sites is 3. The summed E-state index contributed by atoms with van der Waals surface area (Å²) in [4.78, 5) is 4.91. The molecule has 316 valence electrons. The van der Waals surface area contributed by atoms with Gasteiger partial charge in [0.1, 0.15) is 5.82 Å². The van der Waals surface area contributed by atoms with E-state index in [2.05, 4.69) is 219 Å². The van der Waals surface area contributed by atoms with Crippen LogP contribution in [0.25, 0.3) is 38.8 Å². The van der Waals surface area contributed by atoms with Crippen LogP contribution >= 0.6 is 0 Å². The number of nitrogens with zero attached hydrogens (tertiary/aromatic N) is 4. The minimum atomic E-state index is -0.0627. The Labute approximate surface area is 382 Å². The molecule has 5 nitrogen and oxygen atoms in total. The van der Waals surface area contributed by atoms with E-state index in [9.17, 15) is 0 Å². The molecule has 2 aliphatic rings. The monoisotopic (exact) mass is 994 g/mol. The van der Waals surface area contributed by atoms with Crippen molar-refractivity contribution in [3.05, 3.63) is 175 Å². The topological polar surface area (TPSA) is 27.1 Å². The average Bonchev–Trinajstić information content (AvgIpc) is 3.76. The van der Waals surface area contributed by atoms with Gasteiger partial charge in [0.05, 0.1) is 5.69 Å². The number of benzene rings is 6. The van der Waals surface area contributed by atoms with Crippen LogP contribution in [0.2, 0.25) is 0 Å². The van der Waals surface area contributed by atoms with Gasteiger partial charge >= 0.3 is 0 Å². The van der Waals surface area contributed by atoms with Crippen LogP contribution in [0.5, 0.6) is 11.5 Å². The smallest absolute Gasteiger partial charge is 0.225 e. The Kier molecular flexibility index (Phi) is 10.1. The first-order valence-corrected chi connectivity index (χ1v) is 21.9. The van der Waals surface area contributed by atoms with Gasteiger partial charge in [-0.15, -0.1) is 35.2 Å². The van der Waals surface area contributed by atoms with Gasteiger partial charge in [-0.3, -0.25) is 0 Å². The summed E-state index contributed by atoms with van der Waals surface area (Å²) < 4.78 is 10.3. The van der Waals surface area contributed by atoms with Crippen LogP contribution in [-0.2, 0) is 37.3 Å². The largest absolute Gasteiger partial charge is 0.509 e. The number of aromatic nitrogens is 2. The fourth-order valence-electron chi connectivity index (χ4n) is 9.54. The van der Waals surface area contributed by atoms with Crippen molar-refractivity contribution in [1.29, 1.82) is 0 Å². The average molecular weight is 995 g/mol. The third-order valence-electron chi connectivity index (χ3n) is 13.8. The van der Waals surface area contributed by atoms with Crippen molar-refractivity contribution in [3.8, 4) is 28.4 Å². The van der Waals surface area contributed by atoms with E-state index in [-0.39, 0.29) is 37.3 Å². The number of quaternary nitrogens is 2. The molecule has 8 aromatic rings. The van der Waals surface area contributed by atoms with Gasteiger partial charge in [0.15, 0.2) is 12.4 Å². The van der Waals surface area contributed by atoms with Crippen LogP contribution in [0.4, 0.5) is 22.7 Å². The molecule has 0 amide bonds. The number of hydrogen-bond acceptors (Lipinski definition) is 2. The van der Waals surface area contributed by atoms with Crippen LogP contribution in [0.1, 0.15) is 91.8 Å². The molecule has 62 heavy (non-hydrogen) atoms. The molecule has 6 aromatic carbocycles. The number of pyridine rings is 1. The summed E-state index contributed by atoms with van der Waals surface area (Å²) in [5, 5.41) is 2.27. The molecular weight excluding hydrogens is 940 g/mol. The summed E-state index contributed by atoms with van der Waals surface area (Å²) in [6.45, 7) is 23.1. The zero-order chi connectivity index (χ0) is 42.5. The second kappa shape index (κ2) is 14.9. The Balaban J connectivity index is 0.00000490. The summed E-state index contributed by atoms with van der Waals surface area (Å²) >= 11 is 0. The number of rotatable bonds is 9. The van der Waals surface area contributed by atoms with Gasteiger partial charge < -0.3 is 9.30 Å². The van der Waals surface area contributed by atoms with E-state index in [1.807, 2.05) is 6.20 Å². The van der Waals surface area contributed by atoms with Gasteiger partial charge in [0.2, 0.25) is 11.4 Å². The summed E-state index contributed by atoms with van der Waals surface area (Å²) in [5.74, 6) is 2.20. The first kappa shape index (κ1) is 42.0. The molecule has 1 fully saturated rings. The third kappa shape index (κ3) is 6.42. The van der Waals surface area contributed by atoms with Crippen molar-refractivity contribution >= 4 is 44.6 Å². The van der Waals surface area contributed by atoms with Gasteiger partial charge in [-0.05, 0) is 74.9 Å². The van der Waals surface area contributed by atoms with E-state index < -0.39 is 0 Å². The molecule has 0 aliphatic carbocycles. The Bertz CT molecular complexity index is 3010. The summed E-state index contributed by atoms with van der Waals surface area (Å²) in [7, 11) is 0. The first-order valence-electron chi connectivity index (χ1n) is 21.9. The maximum absolute atomic E-state index is 6.99. The molecule has 2 aromatic heterocycles. The Hall–Kier alpha value is -5.32. The van der Waals surface area contributed by atoms with E-state index >= 15 is 0 Å². The van der Waals surface area contributed by atoms with E-state index in [4.69, 9.17) is 9.72 Å². The van der Waals surface area contributed by atoms with Crippen LogP contribution in [-0.4, -0.2) is 9.55 Å². The van der Waals surface area contributed by atoms with Crippen molar-refractivity contribution in [2.24, 2.45) is 0 Å². The van der Waals surface area contributed by atoms with Crippen molar-refractivity contribution in [1.82, 2.24) is 18.7 Å². The molecule has 6 heteroatoms. The second-order valence-electron chi connectivity index (χ2n) is 19.4. The molecule has 0 saturated carbocycles. The molecule has 1 saturated heterocycles. The van der Waals surface area contributed by atoms with Crippen LogP contribution < -0.4 is 13.9 Å². The van der Waals surface area contributed by atoms with Crippen LogP contribution in [0.15, 0.2) is 140 Å². The summed E-state index contributed by atoms with van der Waals surface area (Å²) in [6.07, 6.45) is 3.92. The molecule has 0 bridgehead atoms. The Morgan fingerprint density at radius 3 is 1.98 bits per heavy atom. The number of hydrogen-bond donors (Lipinski definition) is 0. The standard InChI is InChI=1S/C56H55N4O.Pt/c1-10-56(9,11-2)42-32-44(60-37-59(60,51-23-17-18-24-52(51)60)43-30-39(38-19-13-12-14-20-38)29-41(31-43)55(6,7)8)35-46(33-42)61-45-25-26-48-47-21-15-16-22-49(47)58(50(48)36-45)53-34-40(27-28-57-53)54(3,4)5;/h12-34,37H,10-11H2,1-9H3;/q-1;/t59-,60?;/m0./s1. The predicted molar refractivity (Wildman–Crippen MR) is 254 cm³/mol. The molecule has 2 aliphatic heterocycles. The maximum atomic E-state index is 6.99. The van der Waals surface area contributed by atoms with Gasteiger partial charge in [-0.1, -0.05) is 141 Å². The minimum absolute atomic E-state index is 0. The number of fused-ring (bicyclic) bond motifs is 7. The minimum Gasteiger partial charge on any atom is -0.509 e. The summed E-state index contributed by atoms with van der Waals surface area (Å²) in [5.41, 5.74) is 13.0. The fraction of sp³-hybridized carbons (Fsp3) is 0.250. The normalized spacial score (nSPS) is 18.1. The van der Waals surface area contributed by atoms with Crippen LogP contribution in [0, 0.1) is 18.8 Å². The molecule has 1 unspecified atom stereocenters. The quantitative estimate of drug-likeness (QED) is 0.0819. The molecule has 2 atom stereocenters. The zero-order valence-electron chi connectivity index (χ0n) is 37.3. The Morgan fingerprint density at radius 2 is 1.27 bits per heavy atom. The van der Waals surface area contributed by atoms with Gasteiger partial charge in [-0.25, -0.2) is 9.58 Å². The van der Waals surface area contributed by atoms with Gasteiger partial charge in [-0.2, -0.15) is 10.7 Å². The van der Waals surface area contributed by atoms with E-state index in [0.717, 1.165) is 46.2 Å². The van der Waals surface area contributed by atoms with Gasteiger partial charge in [0, 0.05) is 68.5 Å².